The molecule has 0 saturated carbocycles. The molecule has 1 amide bonds. The van der Waals surface area contributed by atoms with E-state index in [-0.39, 0.29) is 61.5 Å². The third kappa shape index (κ3) is 7.78. The highest BCUT2D eigenvalue weighted by atomic mass is 35.5. The van der Waals surface area contributed by atoms with E-state index in [1.807, 2.05) is 61.2 Å². The zero-order chi connectivity index (χ0) is 75.7. The summed E-state index contributed by atoms with van der Waals surface area (Å²) >= 11 is 0. The molecule has 15 nitrogen and oxygen atoms in total. The number of amides is 1. The van der Waals surface area contributed by atoms with Crippen LogP contribution >= 0.6 is 12.4 Å². The Balaban J connectivity index is -0.000000240. The van der Waals surface area contributed by atoms with E-state index in [0.29, 0.717) is 71.4 Å². The van der Waals surface area contributed by atoms with Crippen molar-refractivity contribution >= 4 is 52.1 Å². The lowest BCUT2D eigenvalue weighted by Gasteiger charge is -2.31. The van der Waals surface area contributed by atoms with Crippen molar-refractivity contribution in [2.75, 3.05) is 13.1 Å². The molecule has 10 rings (SSSR count). The van der Waals surface area contributed by atoms with Crippen LogP contribution in [0, 0.1) is 0 Å². The van der Waals surface area contributed by atoms with Gasteiger partial charge in [-0.1, -0.05) is 64.1 Å². The van der Waals surface area contributed by atoms with Crippen molar-refractivity contribution in [3.05, 3.63) is 126 Å². The first-order chi connectivity index (χ1) is 46.0. The number of hydrogen-bond donors (Lipinski definition) is 3. The van der Waals surface area contributed by atoms with Gasteiger partial charge in [-0.15, -0.1) is 12.4 Å². The van der Waals surface area contributed by atoms with Crippen molar-refractivity contribution in [1.82, 2.24) is 29.3 Å². The summed E-state index contributed by atoms with van der Waals surface area (Å²) in [6, 6.07) is 19.8. The van der Waals surface area contributed by atoms with Gasteiger partial charge in [0.2, 0.25) is 5.91 Å². The summed E-state index contributed by atoms with van der Waals surface area (Å²) in [6.07, 6.45) is 1.66. The molecule has 4 aliphatic rings. The van der Waals surface area contributed by atoms with Gasteiger partial charge >= 0.3 is 11.9 Å². The first-order valence-corrected chi connectivity index (χ1v) is 23.2. The second-order valence-corrected chi connectivity index (χ2v) is 18.5. The van der Waals surface area contributed by atoms with Crippen molar-refractivity contribution in [1.29, 1.82) is 0 Å². The number of hydrogen-bond acceptors (Lipinski definition) is 12. The van der Waals surface area contributed by atoms with Gasteiger partial charge in [-0.25, -0.2) is 19.6 Å². The quantitative estimate of drug-likeness (QED) is 0.110. The third-order valence-corrected chi connectivity index (χ3v) is 14.0. The molecule has 0 bridgehead atoms. The molecule has 3 N–H and O–H groups in total. The van der Waals surface area contributed by atoms with Crippen LogP contribution in [-0.2, 0) is 74.2 Å². The Kier molecular flexibility index (Phi) is 8.97. The molecule has 0 fully saturated rings. The normalized spacial score (nSPS) is 20.0. The maximum atomic E-state index is 13.5. The predicted molar refractivity (Wildman–Crippen MR) is 289 cm³/mol. The number of ether oxygens (including phenoxy) is 2. The lowest BCUT2D eigenvalue weighted by Crippen LogP contribution is -2.44. The monoisotopic (exact) mass is 1030 g/mol. The minimum Gasteiger partial charge on any atom is -0.458 e. The highest BCUT2D eigenvalue weighted by Gasteiger charge is 2.47. The van der Waals surface area contributed by atoms with Crippen LogP contribution in [0.5, 0.6) is 0 Å². The van der Waals surface area contributed by atoms with Gasteiger partial charge in [-0.3, -0.25) is 14.4 Å². The number of nitrogens with one attached hydrogen (secondary N) is 1. The fourth-order valence-electron chi connectivity index (χ4n) is 10.3. The zero-order valence-electron chi connectivity index (χ0n) is 67.4. The van der Waals surface area contributed by atoms with Crippen LogP contribution in [0.15, 0.2) is 70.3 Å². The minimum absolute atomic E-state index is 0. The number of rotatable bonds is 10. The summed E-state index contributed by atoms with van der Waals surface area (Å²) in [6.45, 7) is 15.0. The number of para-hydroxylation sites is 2. The van der Waals surface area contributed by atoms with E-state index in [0.717, 1.165) is 57.2 Å². The highest BCUT2D eigenvalue weighted by Crippen LogP contribution is 2.42. The van der Waals surface area contributed by atoms with E-state index in [1.54, 1.807) is 42.0 Å². The third-order valence-electron chi connectivity index (χ3n) is 14.0. The van der Waals surface area contributed by atoms with Gasteiger partial charge in [0.15, 0.2) is 11.2 Å². The van der Waals surface area contributed by atoms with Gasteiger partial charge in [0, 0.05) is 100 Å². The molecule has 2 aromatic carbocycles. The van der Waals surface area contributed by atoms with Crippen LogP contribution in [0.4, 0.5) is 0 Å². The number of pyridine rings is 4. The largest absolute Gasteiger partial charge is 0.458 e. The molecule has 0 radical (unpaired) electrons. The zero-order valence-corrected chi connectivity index (χ0v) is 40.2. The van der Waals surface area contributed by atoms with Crippen molar-refractivity contribution in [2.24, 2.45) is 0 Å². The summed E-state index contributed by atoms with van der Waals surface area (Å²) in [7, 11) is 0. The maximum absolute atomic E-state index is 13.5. The number of carbonyl (C=O) groups is 3. The number of fused-ring (bicyclic) bond motifs is 10. The number of cyclic esters (lactones) is 2. The van der Waals surface area contributed by atoms with Crippen LogP contribution in [0.3, 0.4) is 0 Å². The van der Waals surface area contributed by atoms with Crippen LogP contribution in [0.25, 0.3) is 44.6 Å². The van der Waals surface area contributed by atoms with E-state index in [4.69, 9.17) is 61.0 Å². The number of aliphatic hydroxyl groups is 2. The van der Waals surface area contributed by atoms with E-state index in [1.165, 1.54) is 5.56 Å². The molecule has 8 heterocycles. The highest BCUT2D eigenvalue weighted by molar-refractivity contribution is 5.91. The summed E-state index contributed by atoms with van der Waals surface area (Å²) in [5.41, 5.74) is 5.64. The predicted octanol–water partition coefficient (Wildman–Crippen LogP) is 9.36. The molecular formula is C52H85ClN6O9. The van der Waals surface area contributed by atoms with Gasteiger partial charge < -0.3 is 39.0 Å². The number of benzene rings is 2. The number of halogens is 1. The number of nitrogens with zero attached hydrogens (tertiary/aromatic N) is 5. The Hall–Kier alpha value is -6.26. The average Bonchev–Trinajstić information content (AvgIpc) is 1.52. The SMILES string of the molecule is CC[C@@]1(O)C(=O)OCc2c1cc1n(c2=O)Cc2c-1nc1ccccc1c2CCN(C(C)=O)C(C)C.CC[C@@]1(O)C(=O)OCc2c1cc1n(c2=O)Cc2c-1nc1ccccc1c2CCNC(C)C.Cl.[3H][3H].[3H][3H].[3H][3H].[3H][3H].[3H][3H].[3H][3H].[3H][3H].[3H][3H].[3H][3H].[3H][3H].[3H][3H].[3H][3H].[3H][3H].[3H][3H]. The molecule has 0 aliphatic carbocycles. The Morgan fingerprint density at radius 3 is 1.60 bits per heavy atom. The molecule has 4 aliphatic heterocycles. The van der Waals surface area contributed by atoms with Gasteiger partial charge in [0.1, 0.15) is 13.2 Å². The molecule has 68 heavy (non-hydrogen) atoms. The molecule has 384 valence electrons. The fraction of sp³-hybridized carbons (Fsp3) is 0.404. The smallest absolute Gasteiger partial charge is 0.343 e. The minimum atomic E-state index is -1.86. The number of aromatic nitrogens is 4. The first kappa shape index (κ1) is 33.3. The van der Waals surface area contributed by atoms with E-state index in [9.17, 15) is 34.2 Å². The molecule has 16 heteroatoms. The van der Waals surface area contributed by atoms with Crippen LogP contribution in [-0.4, -0.2) is 77.2 Å². The van der Waals surface area contributed by atoms with E-state index in [2.05, 4.69) is 25.2 Å². The van der Waals surface area contributed by atoms with Crippen molar-refractivity contribution in [3.63, 3.8) is 0 Å². The Labute approximate surface area is 442 Å². The maximum Gasteiger partial charge on any atom is 0.343 e. The van der Waals surface area contributed by atoms with E-state index >= 15 is 0 Å². The Bertz CT molecular complexity index is 3260. The summed E-state index contributed by atoms with van der Waals surface area (Å²) < 4.78 is 154. The van der Waals surface area contributed by atoms with Gasteiger partial charge in [0.25, 0.3) is 11.1 Å². The number of esters is 2. The molecule has 0 saturated heterocycles. The Morgan fingerprint density at radius 2 is 1.19 bits per heavy atom. The van der Waals surface area contributed by atoms with E-state index < -0.39 is 23.1 Å². The van der Waals surface area contributed by atoms with Crippen molar-refractivity contribution in [2.45, 2.75) is 124 Å². The van der Waals surface area contributed by atoms with Crippen LogP contribution in [0.2, 0.25) is 0 Å². The first-order valence-electron chi connectivity index (χ1n) is 37.2. The van der Waals surface area contributed by atoms with Crippen LogP contribution < -0.4 is 16.4 Å². The lowest BCUT2D eigenvalue weighted by molar-refractivity contribution is -0.172. The molecule has 0 spiro atoms. The van der Waals surface area contributed by atoms with Gasteiger partial charge in [-0.05, 0) is 81.5 Å². The molecular weight excluding hydrogens is 888 g/mol. The standard InChI is InChI=1S/C27H29N3O5.C25H27N3O4.ClH.14H2/c1-5-27(34)21-12-23-24-19(13-30(23)25(32)20(21)14-35-26(27)33)17(10-11-29(15(2)3)16(4)31)18-8-6-7-9-22(18)28-24;1-4-25(31)19-11-21-22-17(12-28(21)23(29)18(19)13-32-24(25)30)15(9-10-26-14(2)3)16-7-5-6-8-20(16)27-22;;;;;;;;;;;;;;;/h6-9,12,15,34H,5,10-11,13-14H2,1-4H3;5-8,11,14,26,31H,4,9-10,12-13H2,1-3H3;15*1H/t27-;25-;;;;;;;;;;;;;;;/m00.............../s1/i;;;14*1+2T. The molecule has 6 aromatic rings. The van der Waals surface area contributed by atoms with Gasteiger partial charge in [0.05, 0.1) is 58.0 Å². The topological polar surface area (TPSA) is 195 Å². The second kappa shape index (κ2) is 18.3. The molecule has 0 unspecified atom stereocenters. The Morgan fingerprint density at radius 1 is 0.750 bits per heavy atom. The summed E-state index contributed by atoms with van der Waals surface area (Å²) in [5.74, 6) is -1.42. The van der Waals surface area contributed by atoms with Crippen LogP contribution in [0.1, 0.15) is 147 Å². The van der Waals surface area contributed by atoms with Crippen molar-refractivity contribution in [3.8, 4) is 22.8 Å². The fourth-order valence-corrected chi connectivity index (χ4v) is 10.3. The average molecular weight is 1030 g/mol. The van der Waals surface area contributed by atoms with Gasteiger partial charge in [-0.2, -0.15) is 0 Å². The summed E-state index contributed by atoms with van der Waals surface area (Å²) in [4.78, 5) is 75.6. The number of carbonyl (C=O) groups excluding carboxylic acids is 3. The molecule has 4 aromatic heterocycles. The molecule has 2 atom stereocenters. The summed E-state index contributed by atoms with van der Waals surface area (Å²) in [5, 5.41) is 27.7. The second-order valence-electron chi connectivity index (χ2n) is 18.5. The van der Waals surface area contributed by atoms with Crippen molar-refractivity contribution < 1.29 is 75.6 Å². The lowest BCUT2D eigenvalue weighted by atomic mass is 9.86.